The molecular weight excluding hydrogens is 532 g/mol. The number of amides is 1. The zero-order valence-electron chi connectivity index (χ0n) is 22.3. The first kappa shape index (κ1) is 27.0. The number of ether oxygens (including phenoxy) is 3. The van der Waals surface area contributed by atoms with E-state index in [0.717, 1.165) is 11.1 Å². The lowest BCUT2D eigenvalue weighted by Crippen LogP contribution is -2.31. The Morgan fingerprint density at radius 2 is 1.73 bits per heavy atom. The van der Waals surface area contributed by atoms with Gasteiger partial charge in [-0.05, 0) is 67.1 Å². The summed E-state index contributed by atoms with van der Waals surface area (Å²) in [5.74, 6) is 1.76. The first-order valence-electron chi connectivity index (χ1n) is 12.9. The Morgan fingerprint density at radius 3 is 2.52 bits per heavy atom. The predicted octanol–water partition coefficient (Wildman–Crippen LogP) is 5.63. The average Bonchev–Trinajstić information content (AvgIpc) is 3.42. The maximum atomic E-state index is 13.8. The Balaban J connectivity index is 1.49. The molecule has 0 bridgehead atoms. The van der Waals surface area contributed by atoms with Gasteiger partial charge < -0.3 is 24.8 Å². The highest BCUT2D eigenvalue weighted by Crippen LogP contribution is 2.39. The van der Waals surface area contributed by atoms with Crippen LogP contribution in [0.5, 0.6) is 17.2 Å². The second kappa shape index (κ2) is 12.1. The van der Waals surface area contributed by atoms with Crippen LogP contribution in [0.25, 0.3) is 0 Å². The summed E-state index contributed by atoms with van der Waals surface area (Å²) in [5, 5.41) is 18.9. The van der Waals surface area contributed by atoms with Crippen LogP contribution < -0.4 is 24.8 Å². The van der Waals surface area contributed by atoms with E-state index in [0.29, 0.717) is 58.4 Å². The van der Waals surface area contributed by atoms with E-state index in [2.05, 4.69) is 26.2 Å². The Bertz CT molecular complexity index is 1550. The predicted molar refractivity (Wildman–Crippen MR) is 152 cm³/mol. The molecule has 5 rings (SSSR count). The molecule has 1 amide bonds. The fourth-order valence-electron chi connectivity index (χ4n) is 4.51. The average molecular weight is 561 g/mol. The number of fused-ring (bicyclic) bond motifs is 1. The topological polar surface area (TPSA) is 112 Å². The summed E-state index contributed by atoms with van der Waals surface area (Å²) >= 11 is 6.31. The van der Waals surface area contributed by atoms with Gasteiger partial charge in [0.15, 0.2) is 11.5 Å². The molecule has 0 saturated carbocycles. The fourth-order valence-corrected chi connectivity index (χ4v) is 4.70. The van der Waals surface area contributed by atoms with Crippen molar-refractivity contribution in [1.29, 1.82) is 0 Å². The lowest BCUT2D eigenvalue weighted by Gasteiger charge is -2.28. The largest absolute Gasteiger partial charge is 0.492 e. The van der Waals surface area contributed by atoms with E-state index in [4.69, 9.17) is 25.8 Å². The molecule has 3 aromatic carbocycles. The van der Waals surface area contributed by atoms with Gasteiger partial charge >= 0.3 is 0 Å². The summed E-state index contributed by atoms with van der Waals surface area (Å²) in [6, 6.07) is 19.7. The van der Waals surface area contributed by atoms with Crippen LogP contribution in [0.15, 0.2) is 78.0 Å². The van der Waals surface area contributed by atoms with E-state index in [1.54, 1.807) is 10.7 Å². The van der Waals surface area contributed by atoms with Crippen LogP contribution in [0.4, 0.5) is 11.6 Å². The molecule has 1 aliphatic heterocycles. The molecule has 10 nitrogen and oxygen atoms in total. The van der Waals surface area contributed by atoms with E-state index in [1.807, 2.05) is 81.4 Å². The third-order valence-electron chi connectivity index (χ3n) is 6.32. The minimum absolute atomic E-state index is 0.273. The fraction of sp³-hybridized carbons (Fsp3) is 0.241. The SMILES string of the molecule is CCOc1ccccc1NC(=O)C1=C(C)Nc2nnnn2C1c1ccc(OCc2ccccc2Cl)c(OCC)c1. The molecule has 40 heavy (non-hydrogen) atoms. The Labute approximate surface area is 236 Å². The Hall–Kier alpha value is -4.57. The van der Waals surface area contributed by atoms with E-state index >= 15 is 0 Å². The van der Waals surface area contributed by atoms with Gasteiger partial charge in [-0.3, -0.25) is 4.79 Å². The van der Waals surface area contributed by atoms with Crippen LogP contribution in [0.3, 0.4) is 0 Å². The molecular formula is C29H29ClN6O4. The summed E-state index contributed by atoms with van der Waals surface area (Å²) in [4.78, 5) is 13.8. The number of nitrogens with zero attached hydrogens (tertiary/aromatic N) is 4. The summed E-state index contributed by atoms with van der Waals surface area (Å²) in [7, 11) is 0. The lowest BCUT2D eigenvalue weighted by molar-refractivity contribution is -0.113. The van der Waals surface area contributed by atoms with Crippen molar-refractivity contribution < 1.29 is 19.0 Å². The number of aromatic nitrogens is 4. The molecule has 4 aromatic rings. The molecule has 0 fully saturated rings. The molecule has 0 spiro atoms. The van der Waals surface area contributed by atoms with Crippen molar-refractivity contribution in [2.75, 3.05) is 23.8 Å². The summed E-state index contributed by atoms with van der Waals surface area (Å²) in [6.07, 6.45) is 0. The zero-order chi connectivity index (χ0) is 28.1. The second-order valence-electron chi connectivity index (χ2n) is 8.92. The Kier molecular flexibility index (Phi) is 8.16. The number of para-hydroxylation sites is 2. The first-order chi connectivity index (χ1) is 19.5. The molecule has 1 aromatic heterocycles. The normalized spacial score (nSPS) is 14.2. The van der Waals surface area contributed by atoms with Crippen LogP contribution in [0, 0.1) is 0 Å². The van der Waals surface area contributed by atoms with Gasteiger partial charge in [0, 0.05) is 16.3 Å². The van der Waals surface area contributed by atoms with Gasteiger partial charge in [-0.15, -0.1) is 0 Å². The minimum Gasteiger partial charge on any atom is -0.492 e. The molecule has 0 radical (unpaired) electrons. The van der Waals surface area contributed by atoms with E-state index in [9.17, 15) is 4.79 Å². The summed E-state index contributed by atoms with van der Waals surface area (Å²) in [5.41, 5.74) is 3.23. The highest BCUT2D eigenvalue weighted by atomic mass is 35.5. The van der Waals surface area contributed by atoms with Crippen LogP contribution >= 0.6 is 11.6 Å². The van der Waals surface area contributed by atoms with Crippen molar-refractivity contribution in [1.82, 2.24) is 20.2 Å². The Morgan fingerprint density at radius 1 is 0.975 bits per heavy atom. The van der Waals surface area contributed by atoms with E-state index in [-0.39, 0.29) is 12.5 Å². The number of anilines is 2. The number of carbonyl (C=O) groups excluding carboxylic acids is 1. The van der Waals surface area contributed by atoms with Crippen LogP contribution in [0.2, 0.25) is 5.02 Å². The summed E-state index contributed by atoms with van der Waals surface area (Å²) < 4.78 is 19.3. The molecule has 1 atom stereocenters. The number of allylic oxidation sites excluding steroid dienone is 1. The third-order valence-corrected chi connectivity index (χ3v) is 6.69. The summed E-state index contributed by atoms with van der Waals surface area (Å²) in [6.45, 7) is 6.77. The van der Waals surface area contributed by atoms with Crippen molar-refractivity contribution in [3.63, 3.8) is 0 Å². The maximum Gasteiger partial charge on any atom is 0.255 e. The van der Waals surface area contributed by atoms with E-state index < -0.39 is 6.04 Å². The van der Waals surface area contributed by atoms with Crippen LogP contribution in [-0.4, -0.2) is 39.3 Å². The standard InChI is InChI=1S/C29H29ClN6O4/c1-4-38-23-13-9-8-12-22(23)32-28(37)26-18(3)31-29-33-34-35-36(29)27(26)19-14-15-24(25(16-19)39-5-2)40-17-20-10-6-7-11-21(20)30/h6-16,27H,4-5,17H2,1-3H3,(H,32,37)(H,31,33,35). The molecule has 1 aliphatic rings. The number of tetrazole rings is 1. The third kappa shape index (κ3) is 5.57. The highest BCUT2D eigenvalue weighted by molar-refractivity contribution is 6.31. The van der Waals surface area contributed by atoms with Crippen molar-refractivity contribution in [2.24, 2.45) is 0 Å². The van der Waals surface area contributed by atoms with E-state index in [1.165, 1.54) is 0 Å². The van der Waals surface area contributed by atoms with Crippen molar-refractivity contribution in [3.05, 3.63) is 94.1 Å². The van der Waals surface area contributed by atoms with Crippen LogP contribution in [-0.2, 0) is 11.4 Å². The van der Waals surface area contributed by atoms with Gasteiger partial charge in [0.25, 0.3) is 5.91 Å². The minimum atomic E-state index is -0.637. The maximum absolute atomic E-state index is 13.8. The smallest absolute Gasteiger partial charge is 0.255 e. The van der Waals surface area contributed by atoms with Gasteiger partial charge in [0.2, 0.25) is 5.95 Å². The number of benzene rings is 3. The number of nitrogens with one attached hydrogen (secondary N) is 2. The quantitative estimate of drug-likeness (QED) is 0.257. The van der Waals surface area contributed by atoms with Crippen molar-refractivity contribution in [3.8, 4) is 17.2 Å². The molecule has 0 saturated heterocycles. The van der Waals surface area contributed by atoms with Gasteiger partial charge in [0.05, 0.1) is 24.5 Å². The molecule has 206 valence electrons. The molecule has 2 N–H and O–H groups in total. The van der Waals surface area contributed by atoms with Gasteiger partial charge in [-0.2, -0.15) is 4.68 Å². The molecule has 0 aliphatic carbocycles. The number of halogens is 1. The van der Waals surface area contributed by atoms with Crippen LogP contribution in [0.1, 0.15) is 37.9 Å². The number of rotatable bonds is 10. The molecule has 11 heteroatoms. The number of carbonyl (C=O) groups is 1. The zero-order valence-corrected chi connectivity index (χ0v) is 23.1. The van der Waals surface area contributed by atoms with Crippen molar-refractivity contribution in [2.45, 2.75) is 33.4 Å². The molecule has 1 unspecified atom stereocenters. The number of hydrogen-bond acceptors (Lipinski definition) is 8. The van der Waals surface area contributed by atoms with Crippen molar-refractivity contribution >= 4 is 29.1 Å². The molecule has 2 heterocycles. The first-order valence-corrected chi connectivity index (χ1v) is 13.3. The van der Waals surface area contributed by atoms with Gasteiger partial charge in [-0.25, -0.2) is 0 Å². The highest BCUT2D eigenvalue weighted by Gasteiger charge is 2.35. The lowest BCUT2D eigenvalue weighted by atomic mass is 9.94. The van der Waals surface area contributed by atoms with Gasteiger partial charge in [0.1, 0.15) is 18.4 Å². The van der Waals surface area contributed by atoms with Gasteiger partial charge in [-0.1, -0.05) is 53.1 Å². The number of hydrogen-bond donors (Lipinski definition) is 2. The second-order valence-corrected chi connectivity index (χ2v) is 9.32. The monoisotopic (exact) mass is 560 g/mol.